The summed E-state index contributed by atoms with van der Waals surface area (Å²) >= 11 is 0. The summed E-state index contributed by atoms with van der Waals surface area (Å²) in [4.78, 5) is 0. The predicted octanol–water partition coefficient (Wildman–Crippen LogP) is 1.27. The molecule has 1 aromatic heterocycles. The Labute approximate surface area is 125 Å². The van der Waals surface area contributed by atoms with Gasteiger partial charge in [-0.2, -0.15) is 0 Å². The number of hydrogen-bond acceptors (Lipinski definition) is 0. The Balaban J connectivity index is 2.22. The van der Waals surface area contributed by atoms with Gasteiger partial charge in [0.2, 0.25) is 6.33 Å². The molecule has 1 aromatic rings. The molecule has 0 saturated heterocycles. The van der Waals surface area contributed by atoms with Crippen LogP contribution in [0, 0.1) is 0 Å². The van der Waals surface area contributed by atoms with E-state index in [0.717, 1.165) is 15.5 Å². The standard InChI is InChI=1S/C16H35N4/c1-7-19(3,4)14-15-20(5,6)13-9-8-10-18-12-11-17(2)16-18/h11-12,16H,7-10,13-15H2,1-6H3/q+3. The highest BCUT2D eigenvalue weighted by molar-refractivity contribution is 4.65. The zero-order valence-electron chi connectivity index (χ0n) is 14.5. The summed E-state index contributed by atoms with van der Waals surface area (Å²) in [6.45, 7) is 8.42. The highest BCUT2D eigenvalue weighted by Crippen LogP contribution is 2.06. The van der Waals surface area contributed by atoms with E-state index in [1.54, 1.807) is 0 Å². The normalized spacial score (nSPS) is 12.9. The van der Waals surface area contributed by atoms with Gasteiger partial charge < -0.3 is 8.97 Å². The Morgan fingerprint density at radius 2 is 1.60 bits per heavy atom. The summed E-state index contributed by atoms with van der Waals surface area (Å²) in [5, 5.41) is 0. The Bertz CT molecular complexity index is 393. The van der Waals surface area contributed by atoms with E-state index in [1.165, 1.54) is 39.0 Å². The zero-order chi connectivity index (χ0) is 15.2. The van der Waals surface area contributed by atoms with Crippen molar-refractivity contribution in [3.63, 3.8) is 0 Å². The van der Waals surface area contributed by atoms with E-state index in [2.05, 4.69) is 70.0 Å². The molecule has 0 unspecified atom stereocenters. The van der Waals surface area contributed by atoms with Crippen molar-refractivity contribution in [2.45, 2.75) is 26.3 Å². The first-order chi connectivity index (χ1) is 9.24. The van der Waals surface area contributed by atoms with Gasteiger partial charge in [0.15, 0.2) is 0 Å². The molecule has 0 atom stereocenters. The van der Waals surface area contributed by atoms with Crippen LogP contribution in [0.5, 0.6) is 0 Å². The minimum atomic E-state index is 1.13. The van der Waals surface area contributed by atoms with Crippen LogP contribution in [-0.4, -0.2) is 67.9 Å². The lowest BCUT2D eigenvalue weighted by Crippen LogP contribution is -2.51. The van der Waals surface area contributed by atoms with Crippen LogP contribution in [0.2, 0.25) is 0 Å². The number of imidazole rings is 1. The van der Waals surface area contributed by atoms with Crippen molar-refractivity contribution in [3.8, 4) is 0 Å². The number of rotatable bonds is 9. The lowest BCUT2D eigenvalue weighted by Gasteiger charge is -2.35. The monoisotopic (exact) mass is 283 g/mol. The molecule has 0 aliphatic rings. The van der Waals surface area contributed by atoms with E-state index in [0.29, 0.717) is 0 Å². The fourth-order valence-corrected chi connectivity index (χ4v) is 2.28. The molecule has 0 aliphatic heterocycles. The van der Waals surface area contributed by atoms with Gasteiger partial charge >= 0.3 is 0 Å². The topological polar surface area (TPSA) is 8.81 Å². The van der Waals surface area contributed by atoms with Gasteiger partial charge in [-0.1, -0.05) is 0 Å². The van der Waals surface area contributed by atoms with Crippen molar-refractivity contribution >= 4 is 0 Å². The Kier molecular flexibility index (Phi) is 6.21. The van der Waals surface area contributed by atoms with Crippen LogP contribution in [0.3, 0.4) is 0 Å². The van der Waals surface area contributed by atoms with Crippen molar-refractivity contribution in [2.75, 3.05) is 54.4 Å². The van der Waals surface area contributed by atoms with Gasteiger partial charge in [0.05, 0.1) is 54.9 Å². The molecule has 1 heterocycles. The van der Waals surface area contributed by atoms with Crippen molar-refractivity contribution in [1.29, 1.82) is 0 Å². The lowest BCUT2D eigenvalue weighted by molar-refractivity contribution is -0.945. The van der Waals surface area contributed by atoms with E-state index in [9.17, 15) is 0 Å². The molecule has 0 bridgehead atoms. The third-order valence-corrected chi connectivity index (χ3v) is 4.42. The molecule has 0 N–H and O–H groups in total. The molecule has 0 fully saturated rings. The number of likely N-dealkylation sites (N-methyl/N-ethyl adjacent to an activating group) is 2. The van der Waals surface area contributed by atoms with Gasteiger partial charge in [0.1, 0.15) is 25.5 Å². The number of hydrogen-bond donors (Lipinski definition) is 0. The minimum absolute atomic E-state index is 1.13. The highest BCUT2D eigenvalue weighted by atomic mass is 15.4. The molecular weight excluding hydrogens is 248 g/mol. The van der Waals surface area contributed by atoms with E-state index in [4.69, 9.17) is 0 Å². The molecule has 0 aromatic carbocycles. The summed E-state index contributed by atoms with van der Waals surface area (Å²) in [7, 11) is 11.5. The molecule has 1 rings (SSSR count). The summed E-state index contributed by atoms with van der Waals surface area (Å²) in [5.74, 6) is 0. The first-order valence-electron chi connectivity index (χ1n) is 7.89. The van der Waals surface area contributed by atoms with Gasteiger partial charge in [0, 0.05) is 6.42 Å². The summed E-state index contributed by atoms with van der Waals surface area (Å²) in [6.07, 6.45) is 8.98. The van der Waals surface area contributed by atoms with E-state index < -0.39 is 0 Å². The highest BCUT2D eigenvalue weighted by Gasteiger charge is 2.21. The fourth-order valence-electron chi connectivity index (χ4n) is 2.28. The van der Waals surface area contributed by atoms with Crippen LogP contribution in [0.25, 0.3) is 0 Å². The number of nitrogens with zero attached hydrogens (tertiary/aromatic N) is 4. The number of quaternary nitrogens is 2. The molecule has 0 saturated carbocycles. The van der Waals surface area contributed by atoms with Crippen LogP contribution >= 0.6 is 0 Å². The quantitative estimate of drug-likeness (QED) is 0.367. The van der Waals surface area contributed by atoms with Gasteiger partial charge in [0.25, 0.3) is 0 Å². The maximum Gasteiger partial charge on any atom is 0.243 e. The minimum Gasteiger partial charge on any atom is -0.324 e. The third-order valence-electron chi connectivity index (χ3n) is 4.42. The smallest absolute Gasteiger partial charge is 0.243 e. The average Bonchev–Trinajstić information content (AvgIpc) is 2.79. The molecule has 0 spiro atoms. The van der Waals surface area contributed by atoms with E-state index in [-0.39, 0.29) is 0 Å². The van der Waals surface area contributed by atoms with Crippen LogP contribution in [-0.2, 0) is 13.6 Å². The fraction of sp³-hybridized carbons (Fsp3) is 0.812. The maximum absolute atomic E-state index is 2.37. The largest absolute Gasteiger partial charge is 0.324 e. The molecule has 116 valence electrons. The van der Waals surface area contributed by atoms with Crippen LogP contribution in [0.1, 0.15) is 19.8 Å². The van der Waals surface area contributed by atoms with Crippen LogP contribution < -0.4 is 4.57 Å². The van der Waals surface area contributed by atoms with Crippen LogP contribution in [0.4, 0.5) is 0 Å². The zero-order valence-corrected chi connectivity index (χ0v) is 14.5. The van der Waals surface area contributed by atoms with Gasteiger partial charge in [-0.15, -0.1) is 0 Å². The number of unbranched alkanes of at least 4 members (excludes halogenated alkanes) is 1. The molecule has 0 amide bonds. The van der Waals surface area contributed by atoms with Gasteiger partial charge in [-0.25, -0.2) is 9.13 Å². The van der Waals surface area contributed by atoms with Gasteiger partial charge in [-0.05, 0) is 13.3 Å². The molecule has 0 aliphatic carbocycles. The maximum atomic E-state index is 2.37. The summed E-state index contributed by atoms with van der Waals surface area (Å²) in [6, 6.07) is 0. The Hall–Kier alpha value is -0.870. The van der Waals surface area contributed by atoms with Gasteiger partial charge in [-0.3, -0.25) is 0 Å². The number of aryl methyl sites for hydroxylation is 2. The Morgan fingerprint density at radius 1 is 0.950 bits per heavy atom. The molecule has 4 nitrogen and oxygen atoms in total. The molecule has 4 heteroatoms. The van der Waals surface area contributed by atoms with Crippen molar-refractivity contribution in [2.24, 2.45) is 7.05 Å². The van der Waals surface area contributed by atoms with Crippen molar-refractivity contribution in [1.82, 2.24) is 4.57 Å². The summed E-state index contributed by atoms with van der Waals surface area (Å²) < 4.78 is 6.64. The van der Waals surface area contributed by atoms with E-state index in [1.807, 2.05) is 0 Å². The molecule has 20 heavy (non-hydrogen) atoms. The summed E-state index contributed by atoms with van der Waals surface area (Å²) in [5.41, 5.74) is 0. The second kappa shape index (κ2) is 7.23. The first kappa shape index (κ1) is 17.2. The average molecular weight is 283 g/mol. The van der Waals surface area contributed by atoms with Crippen molar-refractivity contribution in [3.05, 3.63) is 18.7 Å². The van der Waals surface area contributed by atoms with Crippen molar-refractivity contribution < 1.29 is 13.5 Å². The molecular formula is C16H35N4+3. The number of aromatic nitrogens is 2. The Morgan fingerprint density at radius 3 is 2.15 bits per heavy atom. The molecule has 0 radical (unpaired) electrons. The third kappa shape index (κ3) is 6.53. The second-order valence-electron chi connectivity index (χ2n) is 7.38. The lowest BCUT2D eigenvalue weighted by atomic mass is 10.2. The second-order valence-corrected chi connectivity index (χ2v) is 7.38. The van der Waals surface area contributed by atoms with Crippen LogP contribution in [0.15, 0.2) is 18.7 Å². The SMILES string of the molecule is CC[N+](C)(C)CC[N+](C)(C)CCCCn1cc[n+](C)c1. The predicted molar refractivity (Wildman–Crippen MR) is 84.2 cm³/mol. The van der Waals surface area contributed by atoms with E-state index >= 15 is 0 Å². The first-order valence-corrected chi connectivity index (χ1v) is 7.89.